The highest BCUT2D eigenvalue weighted by Crippen LogP contribution is 2.11. The normalized spacial score (nSPS) is 14.1. The molecule has 0 aromatic rings. The first-order valence-corrected chi connectivity index (χ1v) is 6.96. The first-order chi connectivity index (χ1) is 7.66. The van der Waals surface area contributed by atoms with Crippen molar-refractivity contribution in [2.24, 2.45) is 10.7 Å². The highest BCUT2D eigenvalue weighted by molar-refractivity contribution is 5.77. The molecule has 2 nitrogen and oxygen atoms in total. The fourth-order valence-corrected chi connectivity index (χ4v) is 1.99. The molecule has 0 amide bonds. The molecule has 0 aromatic carbocycles. The Labute approximate surface area is 102 Å². The molecule has 96 valence electrons. The molecule has 0 aliphatic carbocycles. The van der Waals surface area contributed by atoms with Gasteiger partial charge >= 0.3 is 0 Å². The van der Waals surface area contributed by atoms with Crippen LogP contribution >= 0.6 is 0 Å². The van der Waals surface area contributed by atoms with Crippen molar-refractivity contribution in [3.8, 4) is 0 Å². The summed E-state index contributed by atoms with van der Waals surface area (Å²) in [6.07, 6.45) is 12.2. The zero-order valence-electron chi connectivity index (χ0n) is 11.5. The standard InChI is InChI=1S/C14H30N2/c1-4-5-6-7-8-9-10-11-12-13(2)16-14(3)15/h13H,4-12H2,1-3H3,(H2,15,16). The third-order valence-electron chi connectivity index (χ3n) is 2.90. The maximum Gasteiger partial charge on any atom is 0.0908 e. The highest BCUT2D eigenvalue weighted by Gasteiger charge is 1.98. The Morgan fingerprint density at radius 2 is 1.50 bits per heavy atom. The van der Waals surface area contributed by atoms with Gasteiger partial charge in [-0.3, -0.25) is 4.99 Å². The summed E-state index contributed by atoms with van der Waals surface area (Å²) in [5, 5.41) is 0. The van der Waals surface area contributed by atoms with Gasteiger partial charge in [-0.05, 0) is 20.3 Å². The number of amidine groups is 1. The molecule has 0 bridgehead atoms. The number of unbranched alkanes of at least 4 members (excludes halogenated alkanes) is 7. The Morgan fingerprint density at radius 1 is 1.00 bits per heavy atom. The molecule has 0 aromatic heterocycles. The van der Waals surface area contributed by atoms with Crippen molar-refractivity contribution in [1.29, 1.82) is 0 Å². The van der Waals surface area contributed by atoms with Crippen molar-refractivity contribution in [1.82, 2.24) is 0 Å². The van der Waals surface area contributed by atoms with Crippen LogP contribution in [0.5, 0.6) is 0 Å². The minimum atomic E-state index is 0.407. The van der Waals surface area contributed by atoms with Gasteiger partial charge in [0.15, 0.2) is 0 Å². The van der Waals surface area contributed by atoms with Crippen molar-refractivity contribution in [3.05, 3.63) is 0 Å². The van der Waals surface area contributed by atoms with Gasteiger partial charge in [0, 0.05) is 6.04 Å². The SMILES string of the molecule is CCCCCCCCCCC(C)N=C(C)N. The van der Waals surface area contributed by atoms with Crippen molar-refractivity contribution in [3.63, 3.8) is 0 Å². The lowest BCUT2D eigenvalue weighted by molar-refractivity contribution is 0.542. The highest BCUT2D eigenvalue weighted by atomic mass is 14.9. The van der Waals surface area contributed by atoms with E-state index in [9.17, 15) is 0 Å². The lowest BCUT2D eigenvalue weighted by Gasteiger charge is -2.06. The molecule has 0 saturated heterocycles. The van der Waals surface area contributed by atoms with Gasteiger partial charge in [-0.25, -0.2) is 0 Å². The van der Waals surface area contributed by atoms with Gasteiger partial charge in [0.25, 0.3) is 0 Å². The Balaban J connectivity index is 3.18. The lowest BCUT2D eigenvalue weighted by Crippen LogP contribution is -2.10. The number of nitrogens with two attached hydrogens (primary N) is 1. The zero-order valence-corrected chi connectivity index (χ0v) is 11.5. The van der Waals surface area contributed by atoms with Crippen LogP contribution in [-0.2, 0) is 0 Å². The van der Waals surface area contributed by atoms with Gasteiger partial charge in [-0.15, -0.1) is 0 Å². The molecule has 0 fully saturated rings. The summed E-state index contributed by atoms with van der Waals surface area (Å²) in [7, 11) is 0. The number of aliphatic imine (C=N–C) groups is 1. The molecular formula is C14H30N2. The number of rotatable bonds is 10. The van der Waals surface area contributed by atoms with Crippen molar-refractivity contribution < 1.29 is 0 Å². The smallest absolute Gasteiger partial charge is 0.0908 e. The van der Waals surface area contributed by atoms with Crippen LogP contribution < -0.4 is 5.73 Å². The van der Waals surface area contributed by atoms with Crippen LogP contribution in [0.3, 0.4) is 0 Å². The molecule has 0 spiro atoms. The van der Waals surface area contributed by atoms with E-state index in [0.717, 1.165) is 0 Å². The summed E-state index contributed by atoms with van der Waals surface area (Å²) in [5.41, 5.74) is 5.54. The molecule has 0 saturated carbocycles. The number of nitrogens with zero attached hydrogens (tertiary/aromatic N) is 1. The zero-order chi connectivity index (χ0) is 12.2. The van der Waals surface area contributed by atoms with Crippen LogP contribution in [0, 0.1) is 0 Å². The Hall–Kier alpha value is -0.530. The molecule has 0 rings (SSSR count). The molecule has 0 aliphatic heterocycles. The van der Waals surface area contributed by atoms with Crippen molar-refractivity contribution >= 4 is 5.84 Å². The van der Waals surface area contributed by atoms with Gasteiger partial charge in [-0.2, -0.15) is 0 Å². The molecule has 0 radical (unpaired) electrons. The third-order valence-corrected chi connectivity index (χ3v) is 2.90. The first-order valence-electron chi connectivity index (χ1n) is 6.96. The Bertz CT molecular complexity index is 172. The van der Waals surface area contributed by atoms with Crippen LogP contribution in [-0.4, -0.2) is 11.9 Å². The molecule has 1 unspecified atom stereocenters. The summed E-state index contributed by atoms with van der Waals surface area (Å²) >= 11 is 0. The minimum Gasteiger partial charge on any atom is -0.388 e. The molecule has 2 N–H and O–H groups in total. The summed E-state index contributed by atoms with van der Waals surface area (Å²) in [6.45, 7) is 6.28. The number of hydrogen-bond donors (Lipinski definition) is 1. The minimum absolute atomic E-state index is 0.407. The third kappa shape index (κ3) is 11.5. The van der Waals surface area contributed by atoms with Gasteiger partial charge in [0.2, 0.25) is 0 Å². The van der Waals surface area contributed by atoms with Gasteiger partial charge in [0.05, 0.1) is 5.84 Å². The van der Waals surface area contributed by atoms with E-state index < -0.39 is 0 Å². The Morgan fingerprint density at radius 3 is 2.00 bits per heavy atom. The van der Waals surface area contributed by atoms with E-state index >= 15 is 0 Å². The molecule has 1 atom stereocenters. The van der Waals surface area contributed by atoms with Crippen LogP contribution in [0.1, 0.15) is 78.6 Å². The summed E-state index contributed by atoms with van der Waals surface area (Å²) in [6, 6.07) is 0.407. The summed E-state index contributed by atoms with van der Waals surface area (Å²) in [5.74, 6) is 0.715. The second-order valence-electron chi connectivity index (χ2n) is 4.88. The topological polar surface area (TPSA) is 38.4 Å². The maximum atomic E-state index is 5.54. The van der Waals surface area contributed by atoms with E-state index in [-0.39, 0.29) is 0 Å². The summed E-state index contributed by atoms with van der Waals surface area (Å²) in [4.78, 5) is 4.33. The fourth-order valence-electron chi connectivity index (χ4n) is 1.99. The predicted octanol–water partition coefficient (Wildman–Crippen LogP) is 4.28. The molecule has 0 aliphatic rings. The monoisotopic (exact) mass is 226 g/mol. The van der Waals surface area contributed by atoms with E-state index in [2.05, 4.69) is 18.8 Å². The van der Waals surface area contributed by atoms with Crippen molar-refractivity contribution in [2.45, 2.75) is 84.6 Å². The predicted molar refractivity (Wildman–Crippen MR) is 74.0 cm³/mol. The van der Waals surface area contributed by atoms with E-state index in [4.69, 9.17) is 5.73 Å². The first kappa shape index (κ1) is 15.5. The van der Waals surface area contributed by atoms with Crippen LogP contribution in [0.25, 0.3) is 0 Å². The van der Waals surface area contributed by atoms with E-state index in [1.54, 1.807) is 0 Å². The van der Waals surface area contributed by atoms with Crippen LogP contribution in [0.2, 0.25) is 0 Å². The maximum absolute atomic E-state index is 5.54. The van der Waals surface area contributed by atoms with E-state index in [1.807, 2.05) is 6.92 Å². The number of hydrogen-bond acceptors (Lipinski definition) is 1. The molecule has 2 heteroatoms. The largest absolute Gasteiger partial charge is 0.388 e. The van der Waals surface area contributed by atoms with Crippen molar-refractivity contribution in [2.75, 3.05) is 0 Å². The van der Waals surface area contributed by atoms with Crippen LogP contribution in [0.4, 0.5) is 0 Å². The molecular weight excluding hydrogens is 196 g/mol. The molecule has 16 heavy (non-hydrogen) atoms. The average molecular weight is 226 g/mol. The fraction of sp³-hybridized carbons (Fsp3) is 0.929. The quantitative estimate of drug-likeness (QED) is 0.337. The van der Waals surface area contributed by atoms with Gasteiger partial charge in [0.1, 0.15) is 0 Å². The summed E-state index contributed by atoms with van der Waals surface area (Å²) < 4.78 is 0. The lowest BCUT2D eigenvalue weighted by atomic mass is 10.1. The second-order valence-corrected chi connectivity index (χ2v) is 4.88. The van der Waals surface area contributed by atoms with Gasteiger partial charge in [-0.1, -0.05) is 58.3 Å². The van der Waals surface area contributed by atoms with Crippen LogP contribution in [0.15, 0.2) is 4.99 Å². The molecule has 0 heterocycles. The Kier molecular flexibility index (Phi) is 10.6. The second kappa shape index (κ2) is 11.0. The average Bonchev–Trinajstić information content (AvgIpc) is 2.21. The van der Waals surface area contributed by atoms with E-state index in [1.165, 1.54) is 57.8 Å². The van der Waals surface area contributed by atoms with E-state index in [0.29, 0.717) is 11.9 Å². The van der Waals surface area contributed by atoms with Gasteiger partial charge < -0.3 is 5.73 Å².